The first-order chi connectivity index (χ1) is 8.93. The molecule has 0 amide bonds. The molecule has 22 heavy (non-hydrogen) atoms. The molecule has 0 N–H and O–H groups in total. The van der Waals surface area contributed by atoms with Crippen LogP contribution in [0.4, 0.5) is 0 Å². The second kappa shape index (κ2) is 14.3. The molecule has 0 aliphatic heterocycles. The summed E-state index contributed by atoms with van der Waals surface area (Å²) < 4.78 is 0. The molecule has 0 aliphatic rings. The summed E-state index contributed by atoms with van der Waals surface area (Å²) in [6, 6.07) is 2.00. The predicted octanol–water partition coefficient (Wildman–Crippen LogP) is 7.42. The molecule has 0 aromatic rings. The van der Waals surface area contributed by atoms with Crippen LogP contribution in [0.5, 0.6) is 0 Å². The van der Waals surface area contributed by atoms with E-state index in [2.05, 4.69) is 88.0 Å². The lowest BCUT2D eigenvalue weighted by Crippen LogP contribution is -2.42. The summed E-state index contributed by atoms with van der Waals surface area (Å²) in [5, 5.41) is 0. The maximum Gasteiger partial charge on any atom is 0.00439 e. The van der Waals surface area contributed by atoms with Crippen molar-refractivity contribution in [1.29, 1.82) is 0 Å². The predicted molar refractivity (Wildman–Crippen MR) is 109 cm³/mol. The Hall–Kier alpha value is -0.300. The lowest BCUT2D eigenvalue weighted by Gasteiger charge is -2.34. The highest BCUT2D eigenvalue weighted by Crippen LogP contribution is 2.22. The van der Waals surface area contributed by atoms with Gasteiger partial charge in [-0.15, -0.1) is 0 Å². The van der Waals surface area contributed by atoms with Crippen LogP contribution in [-0.4, -0.2) is 23.0 Å². The summed E-state index contributed by atoms with van der Waals surface area (Å²) in [7, 11) is 0. The Morgan fingerprint density at radius 2 is 0.773 bits per heavy atom. The van der Waals surface area contributed by atoms with Crippen molar-refractivity contribution >= 4 is 0 Å². The van der Waals surface area contributed by atoms with Gasteiger partial charge in [0.2, 0.25) is 0 Å². The van der Waals surface area contributed by atoms with Crippen LogP contribution in [0.2, 0.25) is 0 Å². The molecule has 0 spiro atoms. The molecule has 1 nitrogen and oxygen atoms in total. The maximum atomic E-state index is 2.50. The Morgan fingerprint density at radius 1 is 0.545 bits per heavy atom. The lowest BCUT2D eigenvalue weighted by molar-refractivity contribution is 0.133. The highest BCUT2D eigenvalue weighted by Gasteiger charge is 2.15. The number of allylic oxidation sites excluding steroid dienone is 2. The molecular formula is C21H49N. The molecule has 0 fully saturated rings. The van der Waals surface area contributed by atoms with Crippen LogP contribution in [0.3, 0.4) is 0 Å². The van der Waals surface area contributed by atoms with Gasteiger partial charge in [0.05, 0.1) is 0 Å². The second-order valence-electron chi connectivity index (χ2n) is 7.49. The Labute approximate surface area is 144 Å². The number of hydrogen-bond donors (Lipinski definition) is 0. The minimum Gasteiger partial charge on any atom is -0.296 e. The average molecular weight is 316 g/mol. The molecule has 0 heterocycles. The monoisotopic (exact) mass is 315 g/mol. The lowest BCUT2D eigenvalue weighted by atomic mass is 9.89. The average Bonchev–Trinajstić information content (AvgIpc) is 2.12. The van der Waals surface area contributed by atoms with Crippen molar-refractivity contribution < 1.29 is 0 Å². The van der Waals surface area contributed by atoms with Gasteiger partial charge in [-0.05, 0) is 67.2 Å². The van der Waals surface area contributed by atoms with Crippen LogP contribution < -0.4 is 0 Å². The number of rotatable bonds is 5. The van der Waals surface area contributed by atoms with Crippen LogP contribution >= 0.6 is 0 Å². The Balaban J connectivity index is -0.000000135. The molecular weight excluding hydrogens is 266 g/mol. The van der Waals surface area contributed by atoms with E-state index >= 15 is 0 Å². The highest BCUT2D eigenvalue weighted by atomic mass is 15.2. The molecule has 0 aliphatic carbocycles. The van der Waals surface area contributed by atoms with Crippen LogP contribution in [0, 0.1) is 11.8 Å². The molecule has 1 heteroatoms. The Morgan fingerprint density at radius 3 is 0.773 bits per heavy atom. The summed E-state index contributed by atoms with van der Waals surface area (Å²) >= 11 is 0. The largest absolute Gasteiger partial charge is 0.296 e. The van der Waals surface area contributed by atoms with E-state index in [0.717, 1.165) is 0 Å². The Bertz CT molecular complexity index is 237. The minimum absolute atomic E-state index is 0. The molecule has 0 rings (SSSR count). The fourth-order valence-electron chi connectivity index (χ4n) is 3.61. The van der Waals surface area contributed by atoms with Gasteiger partial charge in [0, 0.05) is 18.1 Å². The van der Waals surface area contributed by atoms with E-state index in [1.165, 1.54) is 5.57 Å². The second-order valence-corrected chi connectivity index (χ2v) is 7.49. The zero-order chi connectivity index (χ0) is 16.6. The summed E-state index contributed by atoms with van der Waals surface area (Å²) in [5.74, 6) is 1.43. The van der Waals surface area contributed by atoms with Crippen LogP contribution in [0.1, 0.15) is 97.9 Å². The highest BCUT2D eigenvalue weighted by molar-refractivity contribution is 5.13. The van der Waals surface area contributed by atoms with E-state index in [-0.39, 0.29) is 14.9 Å². The zero-order valence-corrected chi connectivity index (χ0v) is 16.3. The molecule has 0 aromatic heterocycles. The van der Waals surface area contributed by atoms with E-state index in [4.69, 9.17) is 0 Å². The third-order valence-electron chi connectivity index (χ3n) is 3.61. The van der Waals surface area contributed by atoms with E-state index < -0.39 is 0 Å². The van der Waals surface area contributed by atoms with E-state index in [1.54, 1.807) is 5.57 Å². The fourth-order valence-corrected chi connectivity index (χ4v) is 3.61. The van der Waals surface area contributed by atoms with Gasteiger partial charge in [0.15, 0.2) is 0 Å². The summed E-state index contributed by atoms with van der Waals surface area (Å²) in [6.07, 6.45) is 0. The summed E-state index contributed by atoms with van der Waals surface area (Å²) in [4.78, 5) is 2.50. The van der Waals surface area contributed by atoms with E-state index in [0.29, 0.717) is 30.0 Å². The molecule has 0 bridgehead atoms. The first-order valence-corrected chi connectivity index (χ1v) is 8.38. The van der Waals surface area contributed by atoms with Gasteiger partial charge in [0.25, 0.3) is 0 Å². The van der Waals surface area contributed by atoms with Crippen molar-refractivity contribution in [2.45, 2.75) is 116 Å². The van der Waals surface area contributed by atoms with E-state index in [1.807, 2.05) is 0 Å². The Kier molecular flexibility index (Phi) is 19.3. The zero-order valence-electron chi connectivity index (χ0n) is 16.3. The van der Waals surface area contributed by atoms with Crippen LogP contribution in [0.15, 0.2) is 11.1 Å². The van der Waals surface area contributed by atoms with Gasteiger partial charge in [0.1, 0.15) is 0 Å². The molecule has 0 unspecified atom stereocenters. The van der Waals surface area contributed by atoms with Crippen molar-refractivity contribution in [2.75, 3.05) is 0 Å². The molecule has 0 saturated carbocycles. The first kappa shape index (κ1) is 29.7. The van der Waals surface area contributed by atoms with E-state index in [9.17, 15) is 0 Å². The minimum atomic E-state index is 0. The summed E-state index contributed by atoms with van der Waals surface area (Å²) in [5.41, 5.74) is 3.10. The molecule has 0 radical (unpaired) electrons. The number of nitrogens with zero attached hydrogens (tertiary/aromatic N) is 1. The van der Waals surface area contributed by atoms with Gasteiger partial charge in [-0.25, -0.2) is 0 Å². The molecule has 0 saturated heterocycles. The topological polar surface area (TPSA) is 3.24 Å². The van der Waals surface area contributed by atoms with Crippen molar-refractivity contribution in [3.8, 4) is 0 Å². The van der Waals surface area contributed by atoms with Gasteiger partial charge < -0.3 is 0 Å². The van der Waals surface area contributed by atoms with Crippen molar-refractivity contribution in [3.05, 3.63) is 11.1 Å². The van der Waals surface area contributed by atoms with Gasteiger partial charge >= 0.3 is 0 Å². The van der Waals surface area contributed by atoms with Crippen molar-refractivity contribution in [1.82, 2.24) is 4.90 Å². The standard InChI is InChI=1S/C10H20.C9H21N.2CH4/c2*1-7(2)10(8(3)4)9(5)6;;/h7-8H,1-6H3;7-9H,1-6H3;2*1H4. The fraction of sp³-hybridized carbons (Fsp3) is 0.905. The molecule has 0 atom stereocenters. The molecule has 138 valence electrons. The van der Waals surface area contributed by atoms with Crippen LogP contribution in [0.25, 0.3) is 0 Å². The third-order valence-corrected chi connectivity index (χ3v) is 3.61. The summed E-state index contributed by atoms with van der Waals surface area (Å²) in [6.45, 7) is 27.0. The van der Waals surface area contributed by atoms with Gasteiger partial charge in [-0.1, -0.05) is 53.7 Å². The quantitative estimate of drug-likeness (QED) is 0.477. The molecule has 0 aromatic carbocycles. The first-order valence-electron chi connectivity index (χ1n) is 8.38. The maximum absolute atomic E-state index is 2.50. The van der Waals surface area contributed by atoms with Crippen molar-refractivity contribution in [3.63, 3.8) is 0 Å². The van der Waals surface area contributed by atoms with Crippen molar-refractivity contribution in [2.24, 2.45) is 11.8 Å². The number of hydrogen-bond acceptors (Lipinski definition) is 1. The SMILES string of the molecule is C.C.CC(C)=C(C(C)C)C(C)C.CC(C)N(C(C)C)C(C)C. The normalized spacial score (nSPS) is 10.6. The van der Waals surface area contributed by atoms with Gasteiger partial charge in [-0.3, -0.25) is 4.90 Å². The smallest absolute Gasteiger partial charge is 0.00439 e. The van der Waals surface area contributed by atoms with Crippen LogP contribution in [-0.2, 0) is 0 Å². The van der Waals surface area contributed by atoms with Gasteiger partial charge in [-0.2, -0.15) is 0 Å². The third kappa shape index (κ3) is 12.3.